The number of hydrogen-bond acceptors (Lipinski definition) is 3. The topological polar surface area (TPSA) is 58.7 Å². The Kier molecular flexibility index (Phi) is 4.22. The van der Waals surface area contributed by atoms with Crippen molar-refractivity contribution in [2.24, 2.45) is 10.8 Å². The molecule has 0 spiro atoms. The third kappa shape index (κ3) is 2.88. The monoisotopic (exact) mass is 287 g/mol. The summed E-state index contributed by atoms with van der Waals surface area (Å²) < 4.78 is 1.93. The number of nitriles is 1. The number of carbonyl (C=O) groups excluding carboxylic acids is 1. The van der Waals surface area contributed by atoms with E-state index in [1.54, 1.807) is 0 Å². The summed E-state index contributed by atoms with van der Waals surface area (Å²) in [7, 11) is 0. The highest BCUT2D eigenvalue weighted by atomic mass is 16.1. The minimum Gasteiger partial charge on any atom is -0.297 e. The number of hydrogen-bond donors (Lipinski definition) is 0. The lowest BCUT2D eigenvalue weighted by Gasteiger charge is -2.38. The van der Waals surface area contributed by atoms with Gasteiger partial charge in [0.25, 0.3) is 0 Å². The van der Waals surface area contributed by atoms with E-state index < -0.39 is 10.8 Å². The Morgan fingerprint density at radius 1 is 1.48 bits per heavy atom. The van der Waals surface area contributed by atoms with E-state index in [1.165, 1.54) is 0 Å². The molecule has 0 N–H and O–H groups in total. The van der Waals surface area contributed by atoms with Gasteiger partial charge < -0.3 is 0 Å². The molecule has 21 heavy (non-hydrogen) atoms. The van der Waals surface area contributed by atoms with Crippen molar-refractivity contribution in [3.05, 3.63) is 18.0 Å². The van der Waals surface area contributed by atoms with Crippen LogP contribution in [0, 0.1) is 22.2 Å². The smallest absolute Gasteiger partial charge is 0.159 e. The highest BCUT2D eigenvalue weighted by Gasteiger charge is 2.49. The highest BCUT2D eigenvalue weighted by Crippen LogP contribution is 2.44. The first-order valence-electron chi connectivity index (χ1n) is 7.85. The van der Waals surface area contributed by atoms with E-state index in [9.17, 15) is 10.1 Å². The van der Waals surface area contributed by atoms with Gasteiger partial charge >= 0.3 is 0 Å². The van der Waals surface area contributed by atoms with Crippen LogP contribution in [0.25, 0.3) is 0 Å². The van der Waals surface area contributed by atoms with Gasteiger partial charge in [-0.25, -0.2) is 0 Å². The number of rotatable bonds is 4. The normalized spacial score (nSPS) is 26.3. The molecule has 4 nitrogen and oxygen atoms in total. The molecule has 0 aromatic carbocycles. The van der Waals surface area contributed by atoms with Gasteiger partial charge in [0.05, 0.1) is 11.8 Å². The molecular formula is C17H25N3O. The van der Waals surface area contributed by atoms with Crippen molar-refractivity contribution < 1.29 is 4.79 Å². The predicted molar refractivity (Wildman–Crippen MR) is 81.6 cm³/mol. The molecular weight excluding hydrogens is 262 g/mol. The summed E-state index contributed by atoms with van der Waals surface area (Å²) in [5.74, 6) is 0.0850. The first-order valence-corrected chi connectivity index (χ1v) is 7.85. The van der Waals surface area contributed by atoms with Crippen LogP contribution in [0.2, 0.25) is 0 Å². The Bertz CT molecular complexity index is 567. The predicted octanol–water partition coefficient (Wildman–Crippen LogP) is 3.69. The van der Waals surface area contributed by atoms with Crippen LogP contribution in [0.4, 0.5) is 0 Å². The van der Waals surface area contributed by atoms with Gasteiger partial charge in [-0.3, -0.25) is 9.48 Å². The molecule has 1 saturated carbocycles. The summed E-state index contributed by atoms with van der Waals surface area (Å²) in [5.41, 5.74) is -0.438. The number of nitrogens with zero attached hydrogens (tertiary/aromatic N) is 3. The van der Waals surface area contributed by atoms with Crippen LogP contribution in [0.3, 0.4) is 0 Å². The van der Waals surface area contributed by atoms with E-state index in [1.807, 2.05) is 30.8 Å². The molecule has 4 heteroatoms. The molecule has 1 aliphatic rings. The Morgan fingerprint density at radius 3 is 2.81 bits per heavy atom. The maximum Gasteiger partial charge on any atom is 0.159 e. The fourth-order valence-corrected chi connectivity index (χ4v) is 3.24. The maximum absolute atomic E-state index is 12.7. The van der Waals surface area contributed by atoms with Crippen LogP contribution in [-0.4, -0.2) is 15.6 Å². The van der Waals surface area contributed by atoms with Gasteiger partial charge in [-0.05, 0) is 32.3 Å². The first-order chi connectivity index (χ1) is 9.84. The van der Waals surface area contributed by atoms with Gasteiger partial charge in [-0.15, -0.1) is 0 Å². The van der Waals surface area contributed by atoms with Crippen molar-refractivity contribution in [1.29, 1.82) is 5.26 Å². The molecule has 1 aliphatic carbocycles. The number of ketones is 1. The molecule has 2 atom stereocenters. The standard InChI is InChI=1S/C17H25N3O/c1-5-13(2)20-10-7-14(19-20)11-17(12-18)9-6-8-16(3,4)15(17)21/h7,10,13H,5-6,8-9,11H2,1-4H3. The summed E-state index contributed by atoms with van der Waals surface area (Å²) >= 11 is 0. The second-order valence-electron chi connectivity index (χ2n) is 6.98. The molecule has 0 radical (unpaired) electrons. The lowest BCUT2D eigenvalue weighted by Crippen LogP contribution is -2.45. The quantitative estimate of drug-likeness (QED) is 0.848. The van der Waals surface area contributed by atoms with Gasteiger partial charge in [0.15, 0.2) is 5.78 Å². The second-order valence-corrected chi connectivity index (χ2v) is 6.98. The molecule has 1 heterocycles. The van der Waals surface area contributed by atoms with Crippen molar-refractivity contribution in [3.63, 3.8) is 0 Å². The minimum atomic E-state index is -0.892. The van der Waals surface area contributed by atoms with Crippen molar-refractivity contribution >= 4 is 5.78 Å². The summed E-state index contributed by atoms with van der Waals surface area (Å²) in [5, 5.41) is 14.2. The van der Waals surface area contributed by atoms with E-state index in [4.69, 9.17) is 0 Å². The maximum atomic E-state index is 12.7. The Hall–Kier alpha value is -1.63. The molecule has 1 fully saturated rings. The molecule has 0 aliphatic heterocycles. The van der Waals surface area contributed by atoms with E-state index in [-0.39, 0.29) is 5.78 Å². The SMILES string of the molecule is CCC(C)n1ccc(CC2(C#N)CCCC(C)(C)C2=O)n1. The molecule has 0 amide bonds. The molecule has 1 aromatic heterocycles. The van der Waals surface area contributed by atoms with Gasteiger partial charge in [0, 0.05) is 24.1 Å². The average Bonchev–Trinajstić information content (AvgIpc) is 2.91. The molecule has 114 valence electrons. The van der Waals surface area contributed by atoms with E-state index >= 15 is 0 Å². The van der Waals surface area contributed by atoms with Gasteiger partial charge in [-0.1, -0.05) is 27.2 Å². The zero-order valence-corrected chi connectivity index (χ0v) is 13.5. The van der Waals surface area contributed by atoms with Crippen LogP contribution in [0.5, 0.6) is 0 Å². The van der Waals surface area contributed by atoms with Gasteiger partial charge in [0.1, 0.15) is 5.41 Å². The van der Waals surface area contributed by atoms with Crippen LogP contribution >= 0.6 is 0 Å². The van der Waals surface area contributed by atoms with Crippen molar-refractivity contribution in [2.75, 3.05) is 0 Å². The molecule has 1 aromatic rings. The van der Waals surface area contributed by atoms with Gasteiger partial charge in [-0.2, -0.15) is 10.4 Å². The van der Waals surface area contributed by atoms with Crippen LogP contribution in [0.15, 0.2) is 12.3 Å². The highest BCUT2D eigenvalue weighted by molar-refractivity contribution is 5.93. The zero-order valence-electron chi connectivity index (χ0n) is 13.5. The molecule has 2 unspecified atom stereocenters. The lowest BCUT2D eigenvalue weighted by molar-refractivity contribution is -0.138. The van der Waals surface area contributed by atoms with Crippen LogP contribution in [-0.2, 0) is 11.2 Å². The first kappa shape index (κ1) is 15.8. The van der Waals surface area contributed by atoms with Crippen molar-refractivity contribution in [3.8, 4) is 6.07 Å². The molecule has 0 bridgehead atoms. The third-order valence-corrected chi connectivity index (χ3v) is 4.86. The van der Waals surface area contributed by atoms with E-state index in [2.05, 4.69) is 25.0 Å². The summed E-state index contributed by atoms with van der Waals surface area (Å²) in [6, 6.07) is 4.61. The number of Topliss-reactive ketones (excluding diaryl/α,β-unsaturated/α-hetero) is 1. The second kappa shape index (κ2) is 5.63. The van der Waals surface area contributed by atoms with E-state index in [0.29, 0.717) is 18.9 Å². The van der Waals surface area contributed by atoms with Gasteiger partial charge in [0.2, 0.25) is 0 Å². The summed E-state index contributed by atoms with van der Waals surface area (Å²) in [4.78, 5) is 12.7. The average molecular weight is 287 g/mol. The van der Waals surface area contributed by atoms with E-state index in [0.717, 1.165) is 25.0 Å². The van der Waals surface area contributed by atoms with Crippen LogP contribution < -0.4 is 0 Å². The molecule has 2 rings (SSSR count). The van der Waals surface area contributed by atoms with Crippen molar-refractivity contribution in [2.45, 2.75) is 65.8 Å². The minimum absolute atomic E-state index is 0.0850. The van der Waals surface area contributed by atoms with Crippen molar-refractivity contribution in [1.82, 2.24) is 9.78 Å². The molecule has 0 saturated heterocycles. The summed E-state index contributed by atoms with van der Waals surface area (Å²) in [6.45, 7) is 8.15. The van der Waals surface area contributed by atoms with Crippen LogP contribution in [0.1, 0.15) is 65.1 Å². The fraction of sp³-hybridized carbons (Fsp3) is 0.706. The largest absolute Gasteiger partial charge is 0.297 e. The third-order valence-electron chi connectivity index (χ3n) is 4.86. The summed E-state index contributed by atoms with van der Waals surface area (Å²) in [6.07, 6.45) is 5.86. The Labute approximate surface area is 127 Å². The zero-order chi connectivity index (χ0) is 15.7. The number of carbonyl (C=O) groups is 1. The Morgan fingerprint density at radius 2 is 2.19 bits per heavy atom. The Balaban J connectivity index is 2.25. The lowest BCUT2D eigenvalue weighted by atomic mass is 9.61. The number of aromatic nitrogens is 2. The fourth-order valence-electron chi connectivity index (χ4n) is 3.24.